The molecule has 0 nitrogen and oxygen atoms in total. The van der Waals surface area contributed by atoms with Crippen molar-refractivity contribution < 1.29 is 28.3 Å². The van der Waals surface area contributed by atoms with E-state index in [1.807, 2.05) is 0 Å². The Labute approximate surface area is 71.0 Å². The van der Waals surface area contributed by atoms with Crippen molar-refractivity contribution in [1.82, 2.24) is 0 Å². The van der Waals surface area contributed by atoms with Gasteiger partial charge in [-0.25, -0.2) is 8.78 Å². The van der Waals surface area contributed by atoms with Crippen LogP contribution in [0.5, 0.6) is 0 Å². The molecule has 0 aliphatic rings. The smallest absolute Gasteiger partial charge is 0.0706 e. The molecule has 0 saturated carbocycles. The minimum absolute atomic E-state index is 0. The Morgan fingerprint density at radius 2 is 1.40 bits per heavy atom. The Morgan fingerprint density at radius 3 is 1.70 bits per heavy atom. The molecule has 0 radical (unpaired) electrons. The molecule has 1 aromatic rings. The molecule has 0 unspecified atom stereocenters. The van der Waals surface area contributed by atoms with Crippen LogP contribution >= 0.6 is 0 Å². The van der Waals surface area contributed by atoms with Crippen molar-refractivity contribution in [3.05, 3.63) is 42.3 Å². The van der Waals surface area contributed by atoms with E-state index in [0.717, 1.165) is 6.07 Å². The van der Waals surface area contributed by atoms with Crippen LogP contribution in [0.1, 0.15) is 5.56 Å². The second-order valence-electron chi connectivity index (χ2n) is 1.78. The van der Waals surface area contributed by atoms with Gasteiger partial charge in [-0.05, 0) is 6.07 Å². The number of hydrogen-bond donors (Lipinski definition) is 0. The summed E-state index contributed by atoms with van der Waals surface area (Å²) in [6.07, 6.45) is 0. The predicted molar refractivity (Wildman–Crippen MR) is 30.8 cm³/mol. The van der Waals surface area contributed by atoms with Gasteiger partial charge in [0.25, 0.3) is 0 Å². The minimum Gasteiger partial charge on any atom is -0.221 e. The SMILES string of the molecule is [CH2-]c1cc(F)cc(F)c1.[Zn]. The largest absolute Gasteiger partial charge is 0.221 e. The standard InChI is InChI=1S/C7H5F2.Zn/c1-5-2-6(8)4-7(9)3-5;/h2-4H,1H2;/q-1;. The topological polar surface area (TPSA) is 0 Å². The molecule has 0 N–H and O–H groups in total. The molecule has 0 fully saturated rings. The maximum atomic E-state index is 12.1. The average Bonchev–Trinajstić information content (AvgIpc) is 1.59. The summed E-state index contributed by atoms with van der Waals surface area (Å²) in [5, 5.41) is 0. The van der Waals surface area contributed by atoms with Crippen LogP contribution in [0.3, 0.4) is 0 Å². The molecule has 0 aliphatic heterocycles. The van der Waals surface area contributed by atoms with Gasteiger partial charge in [-0.2, -0.15) is 12.5 Å². The molecule has 0 bridgehead atoms. The first-order valence-electron chi connectivity index (χ1n) is 2.46. The van der Waals surface area contributed by atoms with Crippen LogP contribution in [0.25, 0.3) is 0 Å². The van der Waals surface area contributed by atoms with E-state index in [-0.39, 0.29) is 19.5 Å². The van der Waals surface area contributed by atoms with E-state index < -0.39 is 11.6 Å². The second-order valence-corrected chi connectivity index (χ2v) is 1.78. The maximum absolute atomic E-state index is 12.1. The molecular weight excluding hydrogens is 187 g/mol. The summed E-state index contributed by atoms with van der Waals surface area (Å²) >= 11 is 0. The molecule has 1 rings (SSSR count). The van der Waals surface area contributed by atoms with E-state index in [1.165, 1.54) is 12.1 Å². The van der Waals surface area contributed by atoms with Crippen molar-refractivity contribution in [2.75, 3.05) is 0 Å². The zero-order valence-electron chi connectivity index (χ0n) is 5.40. The van der Waals surface area contributed by atoms with Gasteiger partial charge in [-0.15, -0.1) is 12.1 Å². The van der Waals surface area contributed by atoms with Crippen LogP contribution in [0.2, 0.25) is 0 Å². The van der Waals surface area contributed by atoms with Gasteiger partial charge in [0.1, 0.15) is 0 Å². The quantitative estimate of drug-likeness (QED) is 0.436. The van der Waals surface area contributed by atoms with Gasteiger partial charge in [-0.3, -0.25) is 0 Å². The number of hydrogen-bond acceptors (Lipinski definition) is 0. The molecule has 50 valence electrons. The zero-order chi connectivity index (χ0) is 6.85. The van der Waals surface area contributed by atoms with Crippen LogP contribution in [-0.4, -0.2) is 0 Å². The van der Waals surface area contributed by atoms with Crippen molar-refractivity contribution in [1.29, 1.82) is 0 Å². The van der Waals surface area contributed by atoms with Crippen LogP contribution < -0.4 is 0 Å². The van der Waals surface area contributed by atoms with Crippen molar-refractivity contribution in [3.63, 3.8) is 0 Å². The summed E-state index contributed by atoms with van der Waals surface area (Å²) in [6, 6.07) is 3.15. The molecule has 0 aliphatic carbocycles. The summed E-state index contributed by atoms with van der Waals surface area (Å²) < 4.78 is 24.3. The van der Waals surface area contributed by atoms with Crippen LogP contribution in [0.15, 0.2) is 18.2 Å². The van der Waals surface area contributed by atoms with E-state index in [9.17, 15) is 8.78 Å². The van der Waals surface area contributed by atoms with E-state index in [4.69, 9.17) is 0 Å². The second kappa shape index (κ2) is 3.67. The van der Waals surface area contributed by atoms with E-state index in [2.05, 4.69) is 6.92 Å². The van der Waals surface area contributed by atoms with E-state index in [0.29, 0.717) is 5.56 Å². The van der Waals surface area contributed by atoms with Gasteiger partial charge in [-0.1, -0.05) is 0 Å². The van der Waals surface area contributed by atoms with Crippen molar-refractivity contribution >= 4 is 0 Å². The summed E-state index contributed by atoms with van der Waals surface area (Å²) in [7, 11) is 0. The molecule has 0 heterocycles. The third-order valence-electron chi connectivity index (χ3n) is 0.922. The van der Waals surface area contributed by atoms with Gasteiger partial charge >= 0.3 is 0 Å². The fourth-order valence-electron chi connectivity index (χ4n) is 0.611. The third kappa shape index (κ3) is 2.44. The van der Waals surface area contributed by atoms with Gasteiger partial charge in [0.2, 0.25) is 0 Å². The zero-order valence-corrected chi connectivity index (χ0v) is 8.37. The van der Waals surface area contributed by atoms with Crippen LogP contribution in [0.4, 0.5) is 8.78 Å². The van der Waals surface area contributed by atoms with Crippen molar-refractivity contribution in [3.8, 4) is 0 Å². The summed E-state index contributed by atoms with van der Waals surface area (Å²) in [5.41, 5.74) is 0.354. The molecule has 0 amide bonds. The molecule has 0 atom stereocenters. The first-order chi connectivity index (χ1) is 4.18. The summed E-state index contributed by atoms with van der Waals surface area (Å²) in [4.78, 5) is 0. The van der Waals surface area contributed by atoms with Gasteiger partial charge < -0.3 is 0 Å². The average molecular weight is 193 g/mol. The Bertz CT molecular complexity index is 172. The molecule has 0 spiro atoms. The number of rotatable bonds is 0. The number of halogens is 2. The van der Waals surface area contributed by atoms with Crippen LogP contribution in [-0.2, 0) is 19.5 Å². The Balaban J connectivity index is 0.000000810. The van der Waals surface area contributed by atoms with Gasteiger partial charge in [0.15, 0.2) is 0 Å². The van der Waals surface area contributed by atoms with Gasteiger partial charge in [0, 0.05) is 19.5 Å². The first kappa shape index (κ1) is 9.57. The molecule has 0 aromatic heterocycles. The number of benzene rings is 1. The molecular formula is C7H5F2Zn-. The monoisotopic (exact) mass is 191 g/mol. The molecule has 0 saturated heterocycles. The van der Waals surface area contributed by atoms with Crippen molar-refractivity contribution in [2.24, 2.45) is 0 Å². The Morgan fingerprint density at radius 1 is 1.00 bits per heavy atom. The van der Waals surface area contributed by atoms with Gasteiger partial charge in [0.05, 0.1) is 11.6 Å². The molecule has 10 heavy (non-hydrogen) atoms. The molecule has 1 aromatic carbocycles. The first-order valence-corrected chi connectivity index (χ1v) is 2.46. The van der Waals surface area contributed by atoms with Crippen LogP contribution in [0, 0.1) is 18.6 Å². The normalized spacial score (nSPS) is 8.60. The predicted octanol–water partition coefficient (Wildman–Crippen LogP) is 2.14. The van der Waals surface area contributed by atoms with E-state index >= 15 is 0 Å². The Kier molecular flexibility index (Phi) is 3.51. The van der Waals surface area contributed by atoms with E-state index in [1.54, 1.807) is 0 Å². The summed E-state index contributed by atoms with van der Waals surface area (Å²) in [6.45, 7) is 3.36. The fourth-order valence-corrected chi connectivity index (χ4v) is 0.611. The Hall–Kier alpha value is -0.427. The fraction of sp³-hybridized carbons (Fsp3) is 0. The maximum Gasteiger partial charge on any atom is 0.0706 e. The van der Waals surface area contributed by atoms with Crippen molar-refractivity contribution in [2.45, 2.75) is 0 Å². The minimum atomic E-state index is -0.583. The summed E-state index contributed by atoms with van der Waals surface area (Å²) in [5.74, 6) is -1.17. The molecule has 3 heteroatoms. The third-order valence-corrected chi connectivity index (χ3v) is 0.922.